The summed E-state index contributed by atoms with van der Waals surface area (Å²) < 4.78 is 1.23. The minimum Gasteiger partial charge on any atom is -0.256 e. The molecule has 0 saturated carbocycles. The van der Waals surface area contributed by atoms with Crippen LogP contribution in [0.15, 0.2) is 48.1 Å². The molecule has 0 N–H and O–H groups in total. The number of thiazole rings is 1. The second-order valence-corrected chi connectivity index (χ2v) is 4.89. The number of fused-ring (bicyclic) bond motifs is 5. The van der Waals surface area contributed by atoms with Gasteiger partial charge in [-0.3, -0.25) is 4.98 Å². The van der Waals surface area contributed by atoms with Gasteiger partial charge in [-0.15, -0.1) is 11.3 Å². The maximum absolute atomic E-state index is 4.48. The van der Waals surface area contributed by atoms with Crippen LogP contribution in [-0.4, -0.2) is 9.97 Å². The molecule has 0 saturated heterocycles. The van der Waals surface area contributed by atoms with Crippen LogP contribution in [0.3, 0.4) is 0 Å². The lowest BCUT2D eigenvalue weighted by Crippen LogP contribution is -1.81. The largest absolute Gasteiger partial charge is 0.256 e. The Morgan fingerprint density at radius 2 is 1.71 bits per heavy atom. The molecule has 2 aromatic heterocycles. The lowest BCUT2D eigenvalue weighted by Gasteiger charge is -2.03. The number of rotatable bonds is 0. The Hall–Kier alpha value is -2.00. The van der Waals surface area contributed by atoms with E-state index in [0.29, 0.717) is 0 Å². The molecule has 2 nitrogen and oxygen atoms in total. The second kappa shape index (κ2) is 3.25. The van der Waals surface area contributed by atoms with Gasteiger partial charge in [0.05, 0.1) is 21.2 Å². The highest BCUT2D eigenvalue weighted by Crippen LogP contribution is 2.30. The number of pyridine rings is 1. The molecule has 80 valence electrons. The van der Waals surface area contributed by atoms with Gasteiger partial charge in [0.25, 0.3) is 0 Å². The fourth-order valence-corrected chi connectivity index (χ4v) is 2.97. The van der Waals surface area contributed by atoms with Crippen molar-refractivity contribution in [2.24, 2.45) is 0 Å². The molecule has 0 amide bonds. The summed E-state index contributed by atoms with van der Waals surface area (Å²) in [6.45, 7) is 0. The van der Waals surface area contributed by atoms with Crippen LogP contribution < -0.4 is 0 Å². The molecule has 0 unspecified atom stereocenters. The molecule has 0 spiro atoms. The molecule has 0 aliphatic rings. The third kappa shape index (κ3) is 1.20. The highest BCUT2D eigenvalue weighted by molar-refractivity contribution is 7.16. The first-order chi connectivity index (χ1) is 8.43. The third-order valence-corrected chi connectivity index (χ3v) is 3.86. The summed E-state index contributed by atoms with van der Waals surface area (Å²) in [6, 6.07) is 12.6. The molecule has 0 bridgehead atoms. The molecule has 2 heterocycles. The Morgan fingerprint density at radius 1 is 0.824 bits per heavy atom. The van der Waals surface area contributed by atoms with Gasteiger partial charge in [0.15, 0.2) is 0 Å². The van der Waals surface area contributed by atoms with E-state index in [9.17, 15) is 0 Å². The van der Waals surface area contributed by atoms with Crippen molar-refractivity contribution in [2.75, 3.05) is 0 Å². The van der Waals surface area contributed by atoms with E-state index in [1.807, 2.05) is 17.8 Å². The Kier molecular flexibility index (Phi) is 1.73. The fraction of sp³-hybridized carbons (Fsp3) is 0. The average Bonchev–Trinajstić information content (AvgIpc) is 2.86. The van der Waals surface area contributed by atoms with Crippen molar-refractivity contribution in [1.29, 1.82) is 0 Å². The van der Waals surface area contributed by atoms with Gasteiger partial charge in [-0.2, -0.15) is 0 Å². The van der Waals surface area contributed by atoms with Crippen LogP contribution in [-0.2, 0) is 0 Å². The van der Waals surface area contributed by atoms with E-state index in [4.69, 9.17) is 0 Å². The van der Waals surface area contributed by atoms with Crippen molar-refractivity contribution in [2.45, 2.75) is 0 Å². The Morgan fingerprint density at radius 3 is 2.71 bits per heavy atom. The van der Waals surface area contributed by atoms with Crippen LogP contribution in [0.4, 0.5) is 0 Å². The molecule has 0 aliphatic heterocycles. The quantitative estimate of drug-likeness (QED) is 0.431. The SMILES string of the molecule is c1cnc2c(c1)ccc1c2ccc2scnc21. The van der Waals surface area contributed by atoms with Crippen molar-refractivity contribution in [3.63, 3.8) is 0 Å². The Labute approximate surface area is 102 Å². The topological polar surface area (TPSA) is 25.8 Å². The van der Waals surface area contributed by atoms with E-state index < -0.39 is 0 Å². The van der Waals surface area contributed by atoms with Crippen molar-refractivity contribution in [3.05, 3.63) is 48.1 Å². The van der Waals surface area contributed by atoms with Crippen LogP contribution in [0.2, 0.25) is 0 Å². The molecule has 0 atom stereocenters. The summed E-state index contributed by atoms with van der Waals surface area (Å²) in [5, 5.41) is 3.55. The molecule has 3 heteroatoms. The van der Waals surface area contributed by atoms with E-state index in [0.717, 1.165) is 11.0 Å². The van der Waals surface area contributed by atoms with Crippen molar-refractivity contribution in [1.82, 2.24) is 9.97 Å². The van der Waals surface area contributed by atoms with Gasteiger partial charge < -0.3 is 0 Å². The molecular weight excluding hydrogens is 228 g/mol. The molecule has 0 aliphatic carbocycles. The van der Waals surface area contributed by atoms with Gasteiger partial charge >= 0.3 is 0 Å². The van der Waals surface area contributed by atoms with Gasteiger partial charge in [0.2, 0.25) is 0 Å². The van der Waals surface area contributed by atoms with Gasteiger partial charge in [-0.25, -0.2) is 4.98 Å². The second-order valence-electron chi connectivity index (χ2n) is 4.00. The minimum atomic E-state index is 1.06. The van der Waals surface area contributed by atoms with E-state index in [-0.39, 0.29) is 0 Å². The summed E-state index contributed by atoms with van der Waals surface area (Å²) in [5.41, 5.74) is 4.03. The van der Waals surface area contributed by atoms with Crippen molar-refractivity contribution < 1.29 is 0 Å². The lowest BCUT2D eigenvalue weighted by atomic mass is 10.1. The first-order valence-electron chi connectivity index (χ1n) is 5.43. The predicted molar refractivity (Wildman–Crippen MR) is 72.4 cm³/mol. The zero-order valence-corrected chi connectivity index (χ0v) is 9.74. The Balaban J connectivity index is 2.34. The smallest absolute Gasteiger partial charge is 0.0891 e. The summed E-state index contributed by atoms with van der Waals surface area (Å²) >= 11 is 1.68. The molecule has 4 aromatic rings. The number of hydrogen-bond donors (Lipinski definition) is 0. The van der Waals surface area contributed by atoms with Gasteiger partial charge in [0.1, 0.15) is 0 Å². The Bertz CT molecular complexity index is 848. The summed E-state index contributed by atoms with van der Waals surface area (Å²) in [5.74, 6) is 0. The monoisotopic (exact) mass is 236 g/mol. The van der Waals surface area contributed by atoms with E-state index in [2.05, 4.69) is 40.3 Å². The molecule has 0 radical (unpaired) electrons. The number of benzene rings is 2. The van der Waals surface area contributed by atoms with Crippen LogP contribution in [0.5, 0.6) is 0 Å². The number of hydrogen-bond acceptors (Lipinski definition) is 3. The fourth-order valence-electron chi connectivity index (χ4n) is 2.28. The molecule has 0 fully saturated rings. The number of nitrogens with zero attached hydrogens (tertiary/aromatic N) is 2. The minimum absolute atomic E-state index is 1.06. The molecule has 2 aromatic carbocycles. The zero-order chi connectivity index (χ0) is 11.2. The zero-order valence-electron chi connectivity index (χ0n) is 8.92. The molecule has 4 rings (SSSR count). The highest BCUT2D eigenvalue weighted by atomic mass is 32.1. The van der Waals surface area contributed by atoms with Gasteiger partial charge in [-0.05, 0) is 12.1 Å². The summed E-state index contributed by atoms with van der Waals surface area (Å²) in [6.07, 6.45) is 1.84. The first-order valence-corrected chi connectivity index (χ1v) is 6.31. The van der Waals surface area contributed by atoms with Crippen molar-refractivity contribution >= 4 is 43.2 Å². The first kappa shape index (κ1) is 9.07. The van der Waals surface area contributed by atoms with E-state index in [1.54, 1.807) is 11.3 Å². The van der Waals surface area contributed by atoms with Crippen LogP contribution in [0.25, 0.3) is 31.9 Å². The number of aromatic nitrogens is 2. The molecule has 17 heavy (non-hydrogen) atoms. The highest BCUT2D eigenvalue weighted by Gasteiger charge is 2.06. The maximum Gasteiger partial charge on any atom is 0.0891 e. The average molecular weight is 236 g/mol. The van der Waals surface area contributed by atoms with E-state index >= 15 is 0 Å². The lowest BCUT2D eigenvalue weighted by molar-refractivity contribution is 1.43. The van der Waals surface area contributed by atoms with Gasteiger partial charge in [0, 0.05) is 22.4 Å². The van der Waals surface area contributed by atoms with Gasteiger partial charge in [-0.1, -0.05) is 24.3 Å². The standard InChI is InChI=1S/C14H8N2S/c1-2-9-3-4-11-10(13(9)15-7-1)5-6-12-14(11)16-8-17-12/h1-8H. The van der Waals surface area contributed by atoms with Crippen LogP contribution >= 0.6 is 11.3 Å². The predicted octanol–water partition coefficient (Wildman–Crippen LogP) is 4.00. The third-order valence-electron chi connectivity index (χ3n) is 3.07. The maximum atomic E-state index is 4.48. The van der Waals surface area contributed by atoms with E-state index in [1.165, 1.54) is 20.9 Å². The van der Waals surface area contributed by atoms with Crippen LogP contribution in [0, 0.1) is 0 Å². The summed E-state index contributed by atoms with van der Waals surface area (Å²) in [4.78, 5) is 8.92. The van der Waals surface area contributed by atoms with Crippen molar-refractivity contribution in [3.8, 4) is 0 Å². The normalized spacial score (nSPS) is 11.5. The summed E-state index contributed by atoms with van der Waals surface area (Å²) in [7, 11) is 0. The van der Waals surface area contributed by atoms with Crippen LogP contribution in [0.1, 0.15) is 0 Å². The molecular formula is C14H8N2S.